The third kappa shape index (κ3) is 4.96. The summed E-state index contributed by atoms with van der Waals surface area (Å²) in [6.07, 6.45) is -4.58. The Bertz CT molecular complexity index is 359. The number of nitrogen functional groups attached to an aromatic ring is 1. The summed E-state index contributed by atoms with van der Waals surface area (Å²) in [4.78, 5) is 0.682. The number of ether oxygens (including phenoxy) is 1. The van der Waals surface area contributed by atoms with Crippen LogP contribution in [-0.2, 0) is 4.74 Å². The zero-order chi connectivity index (χ0) is 12.2. The van der Waals surface area contributed by atoms with E-state index in [1.165, 1.54) is 11.8 Å². The minimum Gasteiger partial charge on any atom is -0.399 e. The number of rotatable bonds is 4. The van der Waals surface area contributed by atoms with Gasteiger partial charge in [0.25, 0.3) is 0 Å². The maximum absolute atomic E-state index is 11.6. The van der Waals surface area contributed by atoms with Crippen molar-refractivity contribution in [2.24, 2.45) is 0 Å². The second-order valence-corrected chi connectivity index (χ2v) is 4.38. The highest BCUT2D eigenvalue weighted by molar-refractivity contribution is 7.99. The van der Waals surface area contributed by atoms with Crippen LogP contribution < -0.4 is 5.73 Å². The number of nitrogens with two attached hydrogens (primary N) is 1. The van der Waals surface area contributed by atoms with E-state index in [2.05, 4.69) is 4.74 Å². The fourth-order valence-corrected chi connectivity index (χ4v) is 2.04. The Balaban J connectivity index is 2.38. The summed E-state index contributed by atoms with van der Waals surface area (Å²) < 4.78 is 38.5. The molecule has 16 heavy (non-hydrogen) atoms. The SMILES string of the molecule is Nc1ccc(SCCOC(F)(F)F)c(Cl)c1. The van der Waals surface area contributed by atoms with E-state index >= 15 is 0 Å². The molecule has 0 saturated carbocycles. The molecule has 0 aliphatic rings. The number of hydrogen-bond acceptors (Lipinski definition) is 3. The van der Waals surface area contributed by atoms with E-state index in [1.54, 1.807) is 18.2 Å². The molecule has 1 rings (SSSR count). The van der Waals surface area contributed by atoms with Gasteiger partial charge in [-0.15, -0.1) is 24.9 Å². The van der Waals surface area contributed by atoms with Gasteiger partial charge in [0, 0.05) is 16.3 Å². The monoisotopic (exact) mass is 271 g/mol. The number of benzene rings is 1. The Hall–Kier alpha value is -0.590. The highest BCUT2D eigenvalue weighted by atomic mass is 35.5. The molecule has 0 unspecified atom stereocenters. The molecule has 7 heteroatoms. The van der Waals surface area contributed by atoms with Crippen LogP contribution in [0.15, 0.2) is 23.1 Å². The normalized spacial score (nSPS) is 11.8. The highest BCUT2D eigenvalue weighted by Gasteiger charge is 2.28. The molecule has 0 aromatic heterocycles. The number of halogens is 4. The Labute approximate surface area is 99.9 Å². The summed E-state index contributed by atoms with van der Waals surface area (Å²) in [5, 5.41) is 0.428. The van der Waals surface area contributed by atoms with Crippen LogP contribution in [0.4, 0.5) is 18.9 Å². The van der Waals surface area contributed by atoms with E-state index < -0.39 is 13.0 Å². The number of anilines is 1. The van der Waals surface area contributed by atoms with Gasteiger partial charge in [-0.25, -0.2) is 0 Å². The highest BCUT2D eigenvalue weighted by Crippen LogP contribution is 2.29. The van der Waals surface area contributed by atoms with Crippen molar-refractivity contribution in [2.45, 2.75) is 11.3 Å². The predicted molar refractivity (Wildman–Crippen MR) is 58.6 cm³/mol. The first-order chi connectivity index (χ1) is 7.38. The van der Waals surface area contributed by atoms with Gasteiger partial charge in [-0.3, -0.25) is 4.74 Å². The van der Waals surface area contributed by atoms with E-state index in [0.717, 1.165) is 0 Å². The van der Waals surface area contributed by atoms with Gasteiger partial charge in [-0.05, 0) is 18.2 Å². The van der Waals surface area contributed by atoms with E-state index in [0.29, 0.717) is 15.6 Å². The topological polar surface area (TPSA) is 35.2 Å². The molecule has 0 spiro atoms. The summed E-state index contributed by atoms with van der Waals surface area (Å²) in [7, 11) is 0. The molecule has 2 nitrogen and oxygen atoms in total. The minimum absolute atomic E-state index is 0.170. The predicted octanol–water partition coefficient (Wildman–Crippen LogP) is 3.55. The lowest BCUT2D eigenvalue weighted by atomic mass is 10.3. The molecule has 0 radical (unpaired) electrons. The summed E-state index contributed by atoms with van der Waals surface area (Å²) in [5.41, 5.74) is 5.99. The van der Waals surface area contributed by atoms with Crippen LogP contribution >= 0.6 is 23.4 Å². The molecule has 0 fully saturated rings. The van der Waals surface area contributed by atoms with Gasteiger partial charge in [-0.2, -0.15) is 0 Å². The lowest BCUT2D eigenvalue weighted by Crippen LogP contribution is -2.15. The van der Waals surface area contributed by atoms with Crippen molar-refractivity contribution in [1.82, 2.24) is 0 Å². The van der Waals surface area contributed by atoms with Crippen LogP contribution in [0.5, 0.6) is 0 Å². The average molecular weight is 272 g/mol. The molecule has 1 aromatic carbocycles. The van der Waals surface area contributed by atoms with Crippen LogP contribution in [0, 0.1) is 0 Å². The summed E-state index contributed by atoms with van der Waals surface area (Å²) in [6.45, 7) is -0.408. The summed E-state index contributed by atoms with van der Waals surface area (Å²) in [6, 6.07) is 4.85. The third-order valence-corrected chi connectivity index (χ3v) is 3.03. The van der Waals surface area contributed by atoms with Gasteiger partial charge in [-0.1, -0.05) is 11.6 Å². The lowest BCUT2D eigenvalue weighted by molar-refractivity contribution is -0.322. The van der Waals surface area contributed by atoms with E-state index in [9.17, 15) is 13.2 Å². The van der Waals surface area contributed by atoms with Crippen molar-refractivity contribution in [2.75, 3.05) is 18.1 Å². The van der Waals surface area contributed by atoms with Gasteiger partial charge in [0.1, 0.15) is 0 Å². The molecule has 0 atom stereocenters. The number of hydrogen-bond donors (Lipinski definition) is 1. The molecule has 0 saturated heterocycles. The van der Waals surface area contributed by atoms with Crippen LogP contribution in [0.1, 0.15) is 0 Å². The lowest BCUT2D eigenvalue weighted by Gasteiger charge is -2.07. The van der Waals surface area contributed by atoms with Crippen LogP contribution in [0.2, 0.25) is 5.02 Å². The maximum atomic E-state index is 11.6. The summed E-state index contributed by atoms with van der Waals surface area (Å²) in [5.74, 6) is 0.170. The quantitative estimate of drug-likeness (QED) is 0.517. The second-order valence-electron chi connectivity index (χ2n) is 2.83. The molecule has 0 aliphatic carbocycles. The standard InChI is InChI=1S/C9H9ClF3NOS/c10-7-5-6(14)1-2-8(7)16-4-3-15-9(11,12)13/h1-2,5H,3-4,14H2. The van der Waals surface area contributed by atoms with Crippen molar-refractivity contribution in [3.05, 3.63) is 23.2 Å². The van der Waals surface area contributed by atoms with Crippen molar-refractivity contribution in [3.8, 4) is 0 Å². The van der Waals surface area contributed by atoms with Crippen LogP contribution in [0.3, 0.4) is 0 Å². The fraction of sp³-hybridized carbons (Fsp3) is 0.333. The Morgan fingerprint density at radius 1 is 1.38 bits per heavy atom. The van der Waals surface area contributed by atoms with Crippen LogP contribution in [0.25, 0.3) is 0 Å². The maximum Gasteiger partial charge on any atom is 0.522 e. The fourth-order valence-electron chi connectivity index (χ4n) is 0.943. The van der Waals surface area contributed by atoms with Crippen molar-refractivity contribution < 1.29 is 17.9 Å². The van der Waals surface area contributed by atoms with Crippen molar-refractivity contribution in [3.63, 3.8) is 0 Å². The molecule has 1 aromatic rings. The summed E-state index contributed by atoms with van der Waals surface area (Å²) >= 11 is 7.02. The first kappa shape index (κ1) is 13.5. The molecule has 0 amide bonds. The average Bonchev–Trinajstić information content (AvgIpc) is 2.13. The zero-order valence-corrected chi connectivity index (χ0v) is 9.62. The van der Waals surface area contributed by atoms with Crippen molar-refractivity contribution in [1.29, 1.82) is 0 Å². The Kier molecular flexibility index (Phi) is 4.76. The molecule has 2 N–H and O–H groups in total. The van der Waals surface area contributed by atoms with Gasteiger partial charge in [0.2, 0.25) is 0 Å². The van der Waals surface area contributed by atoms with Crippen molar-refractivity contribution >= 4 is 29.1 Å². The third-order valence-electron chi connectivity index (χ3n) is 1.56. The smallest absolute Gasteiger partial charge is 0.399 e. The van der Waals surface area contributed by atoms with E-state index in [-0.39, 0.29) is 5.75 Å². The molecule has 0 heterocycles. The number of alkyl halides is 3. The van der Waals surface area contributed by atoms with Gasteiger partial charge in [0.15, 0.2) is 0 Å². The Morgan fingerprint density at radius 2 is 2.06 bits per heavy atom. The van der Waals surface area contributed by atoms with Gasteiger partial charge >= 0.3 is 6.36 Å². The molecule has 0 bridgehead atoms. The second kappa shape index (κ2) is 5.65. The van der Waals surface area contributed by atoms with E-state index in [1.807, 2.05) is 0 Å². The van der Waals surface area contributed by atoms with Gasteiger partial charge in [0.05, 0.1) is 11.6 Å². The Morgan fingerprint density at radius 3 is 2.62 bits per heavy atom. The largest absolute Gasteiger partial charge is 0.522 e. The first-order valence-corrected chi connectivity index (χ1v) is 5.63. The molecular weight excluding hydrogens is 263 g/mol. The van der Waals surface area contributed by atoms with E-state index in [4.69, 9.17) is 17.3 Å². The molecule has 90 valence electrons. The van der Waals surface area contributed by atoms with Gasteiger partial charge < -0.3 is 5.73 Å². The number of thioether (sulfide) groups is 1. The minimum atomic E-state index is -4.58. The first-order valence-electron chi connectivity index (χ1n) is 4.27. The molecule has 0 aliphatic heterocycles. The molecular formula is C9H9ClF3NOS. The zero-order valence-electron chi connectivity index (χ0n) is 8.05. The van der Waals surface area contributed by atoms with Crippen LogP contribution in [-0.4, -0.2) is 18.7 Å².